The van der Waals surface area contributed by atoms with Gasteiger partial charge in [-0.3, -0.25) is 4.79 Å². The lowest BCUT2D eigenvalue weighted by atomic mass is 9.76. The average molecular weight is 323 g/mol. The first kappa shape index (κ1) is 17.0. The summed E-state index contributed by atoms with van der Waals surface area (Å²) in [5, 5.41) is 0. The van der Waals surface area contributed by atoms with Crippen molar-refractivity contribution in [2.45, 2.75) is 58.8 Å². The molecule has 1 aliphatic heterocycles. The Labute approximate surface area is 146 Å². The maximum atomic E-state index is 12.1. The summed E-state index contributed by atoms with van der Waals surface area (Å²) < 4.78 is 0. The molecule has 24 heavy (non-hydrogen) atoms. The van der Waals surface area contributed by atoms with E-state index in [2.05, 4.69) is 56.0 Å². The predicted molar refractivity (Wildman–Crippen MR) is 102 cm³/mol. The number of allylic oxidation sites excluding steroid dienone is 2. The summed E-state index contributed by atoms with van der Waals surface area (Å²) in [6.07, 6.45) is 11.2. The summed E-state index contributed by atoms with van der Waals surface area (Å²) in [6.45, 7) is 10.5. The SMILES string of the molecule is CCc1cc2c(cc1C(C)=O)N(CC1=CCCC=C1)CCC2(C)C. The maximum absolute atomic E-state index is 12.1. The topological polar surface area (TPSA) is 20.3 Å². The van der Waals surface area contributed by atoms with Crippen LogP contribution in [0.15, 0.2) is 35.9 Å². The number of benzene rings is 1. The van der Waals surface area contributed by atoms with Crippen molar-refractivity contribution >= 4 is 11.5 Å². The Balaban J connectivity index is 2.04. The van der Waals surface area contributed by atoms with Gasteiger partial charge in [-0.05, 0) is 60.8 Å². The van der Waals surface area contributed by atoms with Crippen LogP contribution in [0.3, 0.4) is 0 Å². The average Bonchev–Trinajstić information content (AvgIpc) is 2.57. The highest BCUT2D eigenvalue weighted by Gasteiger charge is 2.32. The van der Waals surface area contributed by atoms with Gasteiger partial charge < -0.3 is 4.90 Å². The molecule has 0 fully saturated rings. The molecule has 0 aromatic heterocycles. The normalized spacial score (nSPS) is 19.0. The Morgan fingerprint density at radius 3 is 2.67 bits per heavy atom. The van der Waals surface area contributed by atoms with E-state index < -0.39 is 0 Å². The van der Waals surface area contributed by atoms with Crippen molar-refractivity contribution in [3.63, 3.8) is 0 Å². The van der Waals surface area contributed by atoms with E-state index in [1.54, 1.807) is 6.92 Å². The molecule has 2 nitrogen and oxygen atoms in total. The maximum Gasteiger partial charge on any atom is 0.160 e. The molecule has 0 amide bonds. The van der Waals surface area contributed by atoms with Gasteiger partial charge in [0.1, 0.15) is 0 Å². The van der Waals surface area contributed by atoms with E-state index in [1.165, 1.54) is 22.4 Å². The molecular weight excluding hydrogens is 294 g/mol. The minimum absolute atomic E-state index is 0.169. The molecule has 1 aromatic rings. The molecule has 1 aliphatic carbocycles. The van der Waals surface area contributed by atoms with Gasteiger partial charge in [0.05, 0.1) is 0 Å². The number of ketones is 1. The Hall–Kier alpha value is -1.83. The van der Waals surface area contributed by atoms with E-state index in [-0.39, 0.29) is 11.2 Å². The number of aryl methyl sites for hydroxylation is 1. The van der Waals surface area contributed by atoms with Crippen LogP contribution in [0.2, 0.25) is 0 Å². The van der Waals surface area contributed by atoms with Crippen molar-refractivity contribution in [3.05, 3.63) is 52.6 Å². The summed E-state index contributed by atoms with van der Waals surface area (Å²) in [5.74, 6) is 0.176. The van der Waals surface area contributed by atoms with Crippen molar-refractivity contribution in [2.24, 2.45) is 0 Å². The first-order chi connectivity index (χ1) is 11.4. The Kier molecular flexibility index (Phi) is 4.67. The number of hydrogen-bond acceptors (Lipinski definition) is 2. The lowest BCUT2D eigenvalue weighted by Crippen LogP contribution is -2.38. The number of carbonyl (C=O) groups excluding carboxylic acids is 1. The number of hydrogen-bond donors (Lipinski definition) is 0. The third kappa shape index (κ3) is 3.19. The van der Waals surface area contributed by atoms with Crippen LogP contribution in [0.1, 0.15) is 68.4 Å². The van der Waals surface area contributed by atoms with Crippen molar-refractivity contribution in [1.29, 1.82) is 0 Å². The zero-order valence-electron chi connectivity index (χ0n) is 15.5. The number of rotatable bonds is 4. The van der Waals surface area contributed by atoms with Crippen LogP contribution in [-0.2, 0) is 11.8 Å². The molecule has 2 heteroatoms. The molecule has 0 unspecified atom stereocenters. The summed E-state index contributed by atoms with van der Waals surface area (Å²) in [7, 11) is 0. The van der Waals surface area contributed by atoms with E-state index >= 15 is 0 Å². The minimum atomic E-state index is 0.169. The van der Waals surface area contributed by atoms with Crippen molar-refractivity contribution < 1.29 is 4.79 Å². The largest absolute Gasteiger partial charge is 0.367 e. The Morgan fingerprint density at radius 1 is 1.25 bits per heavy atom. The molecule has 0 radical (unpaired) electrons. The number of carbonyl (C=O) groups is 1. The van der Waals surface area contributed by atoms with Crippen molar-refractivity contribution in [3.8, 4) is 0 Å². The van der Waals surface area contributed by atoms with E-state index in [9.17, 15) is 4.79 Å². The Morgan fingerprint density at radius 2 is 2.04 bits per heavy atom. The van der Waals surface area contributed by atoms with Gasteiger partial charge in [-0.2, -0.15) is 0 Å². The van der Waals surface area contributed by atoms with Crippen LogP contribution >= 0.6 is 0 Å². The van der Waals surface area contributed by atoms with E-state index in [1.807, 2.05) is 0 Å². The first-order valence-corrected chi connectivity index (χ1v) is 9.21. The lowest BCUT2D eigenvalue weighted by Gasteiger charge is -2.41. The highest BCUT2D eigenvalue weighted by molar-refractivity contribution is 5.97. The number of anilines is 1. The van der Waals surface area contributed by atoms with Gasteiger partial charge in [0.2, 0.25) is 0 Å². The van der Waals surface area contributed by atoms with Crippen LogP contribution in [0.25, 0.3) is 0 Å². The minimum Gasteiger partial charge on any atom is -0.367 e. The highest BCUT2D eigenvalue weighted by Crippen LogP contribution is 2.41. The quantitative estimate of drug-likeness (QED) is 0.708. The van der Waals surface area contributed by atoms with Crippen LogP contribution in [0, 0.1) is 0 Å². The fourth-order valence-electron chi connectivity index (χ4n) is 3.90. The van der Waals surface area contributed by atoms with Crippen molar-refractivity contribution in [2.75, 3.05) is 18.0 Å². The monoisotopic (exact) mass is 323 g/mol. The van der Waals surface area contributed by atoms with Gasteiger partial charge in [0, 0.05) is 24.3 Å². The van der Waals surface area contributed by atoms with Crippen LogP contribution < -0.4 is 4.90 Å². The predicted octanol–water partition coefficient (Wildman–Crippen LogP) is 5.22. The fourth-order valence-corrected chi connectivity index (χ4v) is 3.90. The van der Waals surface area contributed by atoms with Gasteiger partial charge in [0.15, 0.2) is 5.78 Å². The van der Waals surface area contributed by atoms with Crippen LogP contribution in [0.5, 0.6) is 0 Å². The summed E-state index contributed by atoms with van der Waals surface area (Å²) in [4.78, 5) is 14.6. The van der Waals surface area contributed by atoms with E-state index in [0.717, 1.165) is 44.3 Å². The zero-order valence-corrected chi connectivity index (χ0v) is 15.5. The standard InChI is InChI=1S/C22H29NO/c1-5-18-13-20-21(14-19(18)16(2)24)23(12-11-22(20,3)4)15-17-9-7-6-8-10-17/h7,9-10,13-14H,5-6,8,11-12,15H2,1-4H3. The number of Topliss-reactive ketones (excluding diaryl/α,β-unsaturated/α-hetero) is 1. The van der Waals surface area contributed by atoms with Gasteiger partial charge >= 0.3 is 0 Å². The molecule has 0 N–H and O–H groups in total. The molecular formula is C22H29NO. The number of fused-ring (bicyclic) bond motifs is 1. The molecule has 2 aliphatic rings. The smallest absolute Gasteiger partial charge is 0.160 e. The summed E-state index contributed by atoms with van der Waals surface area (Å²) in [6, 6.07) is 4.45. The third-order valence-corrected chi connectivity index (χ3v) is 5.50. The van der Waals surface area contributed by atoms with Crippen LogP contribution in [0.4, 0.5) is 5.69 Å². The van der Waals surface area contributed by atoms with Gasteiger partial charge in [-0.15, -0.1) is 0 Å². The Bertz CT molecular complexity index is 709. The van der Waals surface area contributed by atoms with Gasteiger partial charge in [0.25, 0.3) is 0 Å². The van der Waals surface area contributed by atoms with E-state index in [0.29, 0.717) is 0 Å². The summed E-state index contributed by atoms with van der Waals surface area (Å²) >= 11 is 0. The molecule has 0 bridgehead atoms. The number of nitrogens with zero attached hydrogens (tertiary/aromatic N) is 1. The second kappa shape index (κ2) is 6.58. The first-order valence-electron chi connectivity index (χ1n) is 9.21. The van der Waals surface area contributed by atoms with Gasteiger partial charge in [-0.25, -0.2) is 0 Å². The molecule has 0 saturated heterocycles. The zero-order chi connectivity index (χ0) is 17.3. The third-order valence-electron chi connectivity index (χ3n) is 5.50. The second-order valence-corrected chi connectivity index (χ2v) is 7.75. The van der Waals surface area contributed by atoms with Gasteiger partial charge in [-0.1, -0.05) is 45.1 Å². The molecule has 0 spiro atoms. The fraction of sp³-hybridized carbons (Fsp3) is 0.500. The molecule has 0 atom stereocenters. The second-order valence-electron chi connectivity index (χ2n) is 7.75. The molecule has 1 aromatic carbocycles. The molecule has 3 rings (SSSR count). The van der Waals surface area contributed by atoms with E-state index in [4.69, 9.17) is 0 Å². The molecule has 128 valence electrons. The lowest BCUT2D eigenvalue weighted by molar-refractivity contribution is 0.101. The summed E-state index contributed by atoms with van der Waals surface area (Å²) in [5.41, 5.74) is 6.31. The highest BCUT2D eigenvalue weighted by atomic mass is 16.1. The molecule has 0 saturated carbocycles. The van der Waals surface area contributed by atoms with Crippen LogP contribution in [-0.4, -0.2) is 18.9 Å². The molecule has 1 heterocycles. The van der Waals surface area contributed by atoms with Crippen molar-refractivity contribution in [1.82, 2.24) is 0 Å².